The molecule has 0 saturated carbocycles. The van der Waals surface area contributed by atoms with Crippen molar-refractivity contribution in [1.82, 2.24) is 15.1 Å². The number of hydrogen-bond donors (Lipinski definition) is 1. The van der Waals surface area contributed by atoms with Gasteiger partial charge in [-0.15, -0.1) is 0 Å². The molecule has 0 aliphatic heterocycles. The standard InChI is InChI=1S/C22H30N4.C3H9N.C2H6/c1-5-16-26(20(3)18-23)17-10-9-15-25-22(24-4)14-13-19(2)21-11-7-6-8-12-21;1-4(2)3;1-2/h6-9,11-15,20H,2,5,10,16-17H2,1,3-4H3,(H,24,25);1-3H3;1-2H3/b14-13-,15-9+;;. The van der Waals surface area contributed by atoms with Gasteiger partial charge in [0, 0.05) is 13.6 Å². The Morgan fingerprint density at radius 1 is 1.16 bits per heavy atom. The van der Waals surface area contributed by atoms with Crippen LogP contribution in [0.3, 0.4) is 0 Å². The van der Waals surface area contributed by atoms with Crippen LogP contribution in [0.2, 0.25) is 0 Å². The monoisotopic (exact) mass is 439 g/mol. The quantitative estimate of drug-likeness (QED) is 0.293. The molecule has 1 N–H and O–H groups in total. The molecular weight excluding hydrogens is 394 g/mol. The molecule has 0 aliphatic carbocycles. The van der Waals surface area contributed by atoms with Crippen molar-refractivity contribution in [3.63, 3.8) is 0 Å². The van der Waals surface area contributed by atoms with Crippen LogP contribution in [0.5, 0.6) is 0 Å². The highest BCUT2D eigenvalue weighted by Gasteiger charge is 2.10. The van der Waals surface area contributed by atoms with Gasteiger partial charge in [-0.2, -0.15) is 5.26 Å². The van der Waals surface area contributed by atoms with Crippen molar-refractivity contribution in [2.45, 2.75) is 46.6 Å². The van der Waals surface area contributed by atoms with Crippen molar-refractivity contribution in [3.8, 4) is 6.07 Å². The van der Waals surface area contributed by atoms with Gasteiger partial charge in [0.05, 0.1) is 12.1 Å². The first kappa shape index (κ1) is 31.5. The zero-order valence-corrected chi connectivity index (χ0v) is 21.6. The highest BCUT2D eigenvalue weighted by atomic mass is 15.1. The minimum absolute atomic E-state index is 0.0454. The van der Waals surface area contributed by atoms with Crippen LogP contribution in [0.15, 0.2) is 66.3 Å². The number of rotatable bonds is 10. The van der Waals surface area contributed by atoms with Crippen LogP contribution >= 0.6 is 0 Å². The molecule has 1 rings (SSSR count). The first-order chi connectivity index (χ1) is 15.3. The van der Waals surface area contributed by atoms with Crippen LogP contribution < -0.4 is 5.32 Å². The first-order valence-corrected chi connectivity index (χ1v) is 11.4. The Hall–Kier alpha value is -2.68. The summed E-state index contributed by atoms with van der Waals surface area (Å²) in [6.07, 6.45) is 9.78. The van der Waals surface area contributed by atoms with E-state index < -0.39 is 0 Å². The van der Waals surface area contributed by atoms with Crippen LogP contribution in [0, 0.1) is 11.3 Å². The average Bonchev–Trinajstić information content (AvgIpc) is 2.80. The Bertz CT molecular complexity index is 709. The van der Waals surface area contributed by atoms with Crippen molar-refractivity contribution < 1.29 is 0 Å². The fraction of sp³-hybridized carbons (Fsp3) is 0.481. The maximum absolute atomic E-state index is 9.07. The Morgan fingerprint density at radius 2 is 1.75 bits per heavy atom. The summed E-state index contributed by atoms with van der Waals surface area (Å²) in [5.41, 5.74) is 2.04. The Labute approximate surface area is 197 Å². The molecule has 0 amide bonds. The van der Waals surface area contributed by atoms with Crippen LogP contribution in [0.25, 0.3) is 5.57 Å². The lowest BCUT2D eigenvalue weighted by Gasteiger charge is -2.23. The SMILES string of the molecule is C=C(/C=C\C(=NC)N/C=C/CCN(CCC)C(C)C#N)c1ccccc1.CC.CN(C)C. The fourth-order valence-electron chi connectivity index (χ4n) is 2.45. The third-order valence-electron chi connectivity index (χ3n) is 4.01. The third kappa shape index (κ3) is 17.0. The maximum atomic E-state index is 9.07. The summed E-state index contributed by atoms with van der Waals surface area (Å²) in [5.74, 6) is 0.772. The van der Waals surface area contributed by atoms with Crippen LogP contribution in [0.4, 0.5) is 0 Å². The van der Waals surface area contributed by atoms with E-state index in [2.05, 4.69) is 40.9 Å². The average molecular weight is 440 g/mol. The first-order valence-electron chi connectivity index (χ1n) is 11.4. The van der Waals surface area contributed by atoms with Gasteiger partial charge < -0.3 is 10.2 Å². The van der Waals surface area contributed by atoms with Crippen molar-refractivity contribution >= 4 is 11.4 Å². The van der Waals surface area contributed by atoms with Crippen molar-refractivity contribution in [2.24, 2.45) is 4.99 Å². The number of allylic oxidation sites excluding steroid dienone is 2. The lowest BCUT2D eigenvalue weighted by atomic mass is 10.1. The van der Waals surface area contributed by atoms with Crippen molar-refractivity contribution in [3.05, 3.63) is 66.9 Å². The van der Waals surface area contributed by atoms with Gasteiger partial charge in [-0.1, -0.05) is 69.8 Å². The zero-order valence-electron chi connectivity index (χ0n) is 21.6. The molecule has 5 heteroatoms. The Kier molecular flexibility index (Phi) is 21.2. The highest BCUT2D eigenvalue weighted by molar-refractivity contribution is 5.95. The smallest absolute Gasteiger partial charge is 0.124 e. The third-order valence-corrected chi connectivity index (χ3v) is 4.01. The fourth-order valence-corrected chi connectivity index (χ4v) is 2.45. The van der Waals surface area contributed by atoms with Gasteiger partial charge in [0.1, 0.15) is 5.84 Å². The Balaban J connectivity index is 0. The molecule has 0 spiro atoms. The second-order valence-corrected chi connectivity index (χ2v) is 7.35. The zero-order chi connectivity index (χ0) is 24.8. The summed E-state index contributed by atoms with van der Waals surface area (Å²) in [4.78, 5) is 8.43. The Morgan fingerprint density at radius 3 is 2.25 bits per heavy atom. The molecule has 1 atom stereocenters. The molecule has 178 valence electrons. The molecule has 1 aromatic carbocycles. The molecule has 0 aliphatic rings. The van der Waals surface area contributed by atoms with E-state index >= 15 is 0 Å². The number of nitrogens with zero attached hydrogens (tertiary/aromatic N) is 4. The van der Waals surface area contributed by atoms with E-state index in [1.807, 2.05) is 95.5 Å². The second-order valence-electron chi connectivity index (χ2n) is 7.35. The van der Waals surface area contributed by atoms with E-state index in [-0.39, 0.29) is 6.04 Å². The normalized spacial score (nSPS) is 12.1. The van der Waals surface area contributed by atoms with Crippen LogP contribution in [-0.4, -0.2) is 63.0 Å². The summed E-state index contributed by atoms with van der Waals surface area (Å²) >= 11 is 0. The van der Waals surface area contributed by atoms with E-state index in [9.17, 15) is 0 Å². The lowest BCUT2D eigenvalue weighted by Crippen LogP contribution is -2.33. The van der Waals surface area contributed by atoms with Crippen molar-refractivity contribution in [1.29, 1.82) is 5.26 Å². The molecule has 0 fully saturated rings. The van der Waals surface area contributed by atoms with Crippen molar-refractivity contribution in [2.75, 3.05) is 41.3 Å². The molecule has 5 nitrogen and oxygen atoms in total. The van der Waals surface area contributed by atoms with Gasteiger partial charge in [0.15, 0.2) is 0 Å². The molecular formula is C27H45N5. The number of nitriles is 1. The lowest BCUT2D eigenvalue weighted by molar-refractivity contribution is 0.251. The molecule has 0 saturated heterocycles. The van der Waals surface area contributed by atoms with E-state index in [1.165, 1.54) is 0 Å². The van der Waals surface area contributed by atoms with E-state index in [1.54, 1.807) is 7.05 Å². The van der Waals surface area contributed by atoms with Gasteiger partial charge >= 0.3 is 0 Å². The number of benzene rings is 1. The number of aliphatic imine (C=N–C) groups is 1. The minimum atomic E-state index is -0.0454. The van der Waals surface area contributed by atoms with Crippen LogP contribution in [0.1, 0.15) is 46.1 Å². The summed E-state index contributed by atoms with van der Waals surface area (Å²) < 4.78 is 0. The molecule has 1 aromatic rings. The van der Waals surface area contributed by atoms with Gasteiger partial charge in [-0.25, -0.2) is 0 Å². The molecule has 0 aromatic heterocycles. The summed E-state index contributed by atoms with van der Waals surface area (Å²) in [6, 6.07) is 12.3. The van der Waals surface area contributed by atoms with E-state index in [4.69, 9.17) is 5.26 Å². The highest BCUT2D eigenvalue weighted by Crippen LogP contribution is 2.12. The predicted octanol–water partition coefficient (Wildman–Crippen LogP) is 5.61. The summed E-state index contributed by atoms with van der Waals surface area (Å²) in [6.45, 7) is 14.0. The molecule has 0 radical (unpaired) electrons. The predicted molar refractivity (Wildman–Crippen MR) is 143 cm³/mol. The van der Waals surface area contributed by atoms with Gasteiger partial charge in [-0.05, 0) is 70.9 Å². The topological polar surface area (TPSA) is 54.7 Å². The molecule has 32 heavy (non-hydrogen) atoms. The molecule has 0 heterocycles. The van der Waals surface area contributed by atoms with Gasteiger partial charge in [0.2, 0.25) is 0 Å². The summed E-state index contributed by atoms with van der Waals surface area (Å²) in [5, 5.41) is 12.3. The van der Waals surface area contributed by atoms with E-state index in [0.29, 0.717) is 0 Å². The maximum Gasteiger partial charge on any atom is 0.124 e. The van der Waals surface area contributed by atoms with Crippen LogP contribution in [-0.2, 0) is 0 Å². The van der Waals surface area contributed by atoms with E-state index in [0.717, 1.165) is 42.9 Å². The number of hydrogen-bond acceptors (Lipinski definition) is 4. The number of nitrogens with one attached hydrogen (secondary N) is 1. The van der Waals surface area contributed by atoms with Gasteiger partial charge in [-0.3, -0.25) is 9.89 Å². The summed E-state index contributed by atoms with van der Waals surface area (Å²) in [7, 11) is 7.75. The molecule has 0 bridgehead atoms. The van der Waals surface area contributed by atoms with Gasteiger partial charge in [0.25, 0.3) is 0 Å². The number of amidine groups is 1. The largest absolute Gasteiger partial charge is 0.347 e. The minimum Gasteiger partial charge on any atom is -0.347 e. The molecule has 1 unspecified atom stereocenters. The second kappa shape index (κ2) is 21.5.